The summed E-state index contributed by atoms with van der Waals surface area (Å²) in [5, 5.41) is 15.5. The molecule has 3 N–H and O–H groups in total. The van der Waals surface area contributed by atoms with Crippen molar-refractivity contribution in [2.24, 2.45) is 0 Å². The first-order valence-electron chi connectivity index (χ1n) is 13.9. The molecule has 0 aliphatic carbocycles. The van der Waals surface area contributed by atoms with Crippen LogP contribution in [0, 0.1) is 0 Å². The number of alkyl carbamates (subject to hydrolysis) is 1. The molecule has 0 aromatic rings. The van der Waals surface area contributed by atoms with Gasteiger partial charge in [0.2, 0.25) is 5.91 Å². The van der Waals surface area contributed by atoms with Crippen molar-refractivity contribution in [3.05, 3.63) is 0 Å². The summed E-state index contributed by atoms with van der Waals surface area (Å²) >= 11 is 0. The minimum Gasteiger partial charge on any atom is -0.479 e. The molecule has 2 heterocycles. The van der Waals surface area contributed by atoms with Gasteiger partial charge >= 0.3 is 25.3 Å². The van der Waals surface area contributed by atoms with Crippen LogP contribution in [0.1, 0.15) is 94.9 Å². The van der Waals surface area contributed by atoms with E-state index >= 15 is 0 Å². The Bertz CT molecular complexity index is 942. The van der Waals surface area contributed by atoms with Gasteiger partial charge < -0.3 is 34.5 Å². The van der Waals surface area contributed by atoms with Gasteiger partial charge in [-0.25, -0.2) is 14.4 Å². The summed E-state index contributed by atoms with van der Waals surface area (Å²) in [5.41, 5.74) is -4.04. The highest BCUT2D eigenvalue weighted by atomic mass is 16.7. The third-order valence-electron chi connectivity index (χ3n) is 7.26. The number of carbonyl (C=O) groups is 4. The van der Waals surface area contributed by atoms with E-state index < -0.39 is 65.2 Å². The molecule has 2 rings (SSSR count). The maximum atomic E-state index is 13.2. The quantitative estimate of drug-likeness (QED) is 0.279. The van der Waals surface area contributed by atoms with E-state index in [0.717, 1.165) is 0 Å². The maximum Gasteiger partial charge on any atom is 0.457 e. The molecule has 2 aliphatic heterocycles. The molecule has 0 aromatic heterocycles. The topological polar surface area (TPSA) is 153 Å². The Hall–Kier alpha value is -2.54. The molecule has 2 fully saturated rings. The predicted octanol–water partition coefficient (Wildman–Crippen LogP) is 3.72. The number of hydrogen-bond acceptors (Lipinski definition) is 8. The summed E-state index contributed by atoms with van der Waals surface area (Å²) in [6.07, 6.45) is 0.322. The van der Waals surface area contributed by atoms with Crippen molar-refractivity contribution in [1.82, 2.24) is 15.5 Å². The lowest BCUT2D eigenvalue weighted by molar-refractivity contribution is -0.150. The van der Waals surface area contributed by atoms with E-state index in [9.17, 15) is 24.3 Å². The first kappa shape index (κ1) is 33.7. The second kappa shape index (κ2) is 12.1. The van der Waals surface area contributed by atoms with E-state index in [4.69, 9.17) is 18.8 Å². The van der Waals surface area contributed by atoms with Crippen LogP contribution in [-0.4, -0.2) is 88.3 Å². The first-order chi connectivity index (χ1) is 18.1. The highest BCUT2D eigenvalue weighted by Crippen LogP contribution is 2.39. The number of rotatable bonds is 9. The number of unbranched alkanes of at least 4 members (excludes halogenated alkanes) is 1. The SMILES string of the molecule is CC(C)(C)OC(=O)NCC(=O)N[C@H]1CN(C(=O)OC(C)(C)C)[C@@](CCCCB2OC(C)(C)C(C)(C)O2)(C(=O)O)C1. The number of aliphatic carboxylic acids is 1. The van der Waals surface area contributed by atoms with Gasteiger partial charge in [-0.15, -0.1) is 0 Å². The van der Waals surface area contributed by atoms with E-state index in [1.807, 2.05) is 27.7 Å². The van der Waals surface area contributed by atoms with Gasteiger partial charge in [0.25, 0.3) is 0 Å². The van der Waals surface area contributed by atoms with E-state index in [1.165, 1.54) is 4.90 Å². The van der Waals surface area contributed by atoms with Crippen molar-refractivity contribution in [2.75, 3.05) is 13.1 Å². The average Bonchev–Trinajstić information content (AvgIpc) is 3.21. The molecule has 12 nitrogen and oxygen atoms in total. The molecule has 0 bridgehead atoms. The van der Waals surface area contributed by atoms with Crippen LogP contribution in [0.4, 0.5) is 9.59 Å². The third-order valence-corrected chi connectivity index (χ3v) is 7.26. The van der Waals surface area contributed by atoms with Crippen LogP contribution in [-0.2, 0) is 28.4 Å². The number of carbonyl (C=O) groups excluding carboxylic acids is 3. The molecule has 228 valence electrons. The van der Waals surface area contributed by atoms with Gasteiger partial charge in [-0.2, -0.15) is 0 Å². The summed E-state index contributed by atoms with van der Waals surface area (Å²) in [6, 6.07) is -0.653. The largest absolute Gasteiger partial charge is 0.479 e. The number of likely N-dealkylation sites (tertiary alicyclic amines) is 1. The summed E-state index contributed by atoms with van der Waals surface area (Å²) < 4.78 is 22.8. The number of carboxylic acid groups (broad SMARTS) is 1. The van der Waals surface area contributed by atoms with Crippen molar-refractivity contribution in [3.8, 4) is 0 Å². The highest BCUT2D eigenvalue weighted by Gasteiger charge is 2.55. The first-order valence-corrected chi connectivity index (χ1v) is 13.9. The molecule has 2 aliphatic rings. The van der Waals surface area contributed by atoms with Gasteiger partial charge in [-0.1, -0.05) is 12.8 Å². The van der Waals surface area contributed by atoms with Crippen LogP contribution in [0.2, 0.25) is 6.32 Å². The predicted molar refractivity (Wildman–Crippen MR) is 149 cm³/mol. The summed E-state index contributed by atoms with van der Waals surface area (Å²) in [5.74, 6) is -1.69. The van der Waals surface area contributed by atoms with Gasteiger partial charge in [-0.3, -0.25) is 9.69 Å². The highest BCUT2D eigenvalue weighted by molar-refractivity contribution is 6.45. The van der Waals surface area contributed by atoms with Crippen molar-refractivity contribution in [3.63, 3.8) is 0 Å². The minimum absolute atomic E-state index is 0.00373. The molecular formula is C27H48BN3O9. The second-order valence-corrected chi connectivity index (χ2v) is 13.7. The van der Waals surface area contributed by atoms with E-state index in [2.05, 4.69) is 10.6 Å². The lowest BCUT2D eigenvalue weighted by atomic mass is 9.80. The van der Waals surface area contributed by atoms with Gasteiger partial charge in [-0.05, 0) is 82.0 Å². The van der Waals surface area contributed by atoms with Crippen LogP contribution < -0.4 is 10.6 Å². The Balaban J connectivity index is 2.08. The van der Waals surface area contributed by atoms with Crippen molar-refractivity contribution < 1.29 is 43.1 Å². The van der Waals surface area contributed by atoms with Crippen molar-refractivity contribution in [2.45, 2.75) is 135 Å². The zero-order chi connectivity index (χ0) is 30.7. The number of amides is 3. The normalized spacial score (nSPS) is 24.0. The Kier molecular flexibility index (Phi) is 10.2. The zero-order valence-corrected chi connectivity index (χ0v) is 25.8. The van der Waals surface area contributed by atoms with Gasteiger partial charge in [0.05, 0.1) is 11.2 Å². The molecular weight excluding hydrogens is 521 g/mol. The fourth-order valence-corrected chi connectivity index (χ4v) is 4.74. The molecule has 0 unspecified atom stereocenters. The number of ether oxygens (including phenoxy) is 2. The fraction of sp³-hybridized carbons (Fsp3) is 0.852. The summed E-state index contributed by atoms with van der Waals surface area (Å²) in [7, 11) is -0.402. The Morgan fingerprint density at radius 1 is 0.950 bits per heavy atom. The van der Waals surface area contributed by atoms with Crippen molar-refractivity contribution in [1.29, 1.82) is 0 Å². The standard InChI is InChI=1S/C27H48BN3O9/c1-23(2,3)37-21(35)29-16-19(32)30-18-15-27(20(33)34,31(17-18)22(36)38-24(4,5)6)13-11-12-14-28-39-25(7,8)26(9,10)40-28/h18H,11-17H2,1-10H3,(H,29,35)(H,30,32)(H,33,34)/t18-,27-/m1/s1. The van der Waals surface area contributed by atoms with E-state index in [1.54, 1.807) is 41.5 Å². The van der Waals surface area contributed by atoms with Gasteiger partial charge in [0.15, 0.2) is 0 Å². The number of hydrogen-bond donors (Lipinski definition) is 3. The Morgan fingerprint density at radius 2 is 1.50 bits per heavy atom. The Morgan fingerprint density at radius 3 is 2.00 bits per heavy atom. The van der Waals surface area contributed by atoms with Gasteiger partial charge in [0, 0.05) is 19.0 Å². The van der Waals surface area contributed by atoms with Crippen LogP contribution in [0.25, 0.3) is 0 Å². The van der Waals surface area contributed by atoms with Gasteiger partial charge in [0.1, 0.15) is 23.3 Å². The third kappa shape index (κ3) is 8.99. The number of nitrogens with zero attached hydrogens (tertiary/aromatic N) is 1. The van der Waals surface area contributed by atoms with E-state index in [0.29, 0.717) is 19.2 Å². The molecule has 0 aromatic carbocycles. The number of carboxylic acids is 1. The summed E-state index contributed by atoms with van der Waals surface area (Å²) in [4.78, 5) is 51.6. The number of nitrogens with one attached hydrogen (secondary N) is 2. The zero-order valence-electron chi connectivity index (χ0n) is 25.8. The van der Waals surface area contributed by atoms with Crippen LogP contribution >= 0.6 is 0 Å². The molecule has 3 amide bonds. The maximum absolute atomic E-state index is 13.2. The Labute approximate surface area is 238 Å². The minimum atomic E-state index is -1.57. The fourth-order valence-electron chi connectivity index (χ4n) is 4.74. The molecule has 0 saturated carbocycles. The smallest absolute Gasteiger partial charge is 0.457 e. The monoisotopic (exact) mass is 569 g/mol. The van der Waals surface area contributed by atoms with Crippen LogP contribution in [0.15, 0.2) is 0 Å². The molecule has 40 heavy (non-hydrogen) atoms. The van der Waals surface area contributed by atoms with Crippen LogP contribution in [0.3, 0.4) is 0 Å². The molecule has 0 radical (unpaired) electrons. The van der Waals surface area contributed by atoms with E-state index in [-0.39, 0.29) is 25.9 Å². The average molecular weight is 570 g/mol. The molecule has 2 saturated heterocycles. The van der Waals surface area contributed by atoms with Crippen LogP contribution in [0.5, 0.6) is 0 Å². The van der Waals surface area contributed by atoms with Crippen molar-refractivity contribution >= 4 is 31.2 Å². The molecule has 2 atom stereocenters. The lowest BCUT2D eigenvalue weighted by Gasteiger charge is -2.35. The lowest BCUT2D eigenvalue weighted by Crippen LogP contribution is -2.54. The molecule has 0 spiro atoms. The summed E-state index contributed by atoms with van der Waals surface area (Å²) in [6.45, 7) is 17.7. The second-order valence-electron chi connectivity index (χ2n) is 13.7. The molecule has 13 heteroatoms.